The van der Waals surface area contributed by atoms with Gasteiger partial charge < -0.3 is 10.1 Å². The lowest BCUT2D eigenvalue weighted by Gasteiger charge is -2.20. The summed E-state index contributed by atoms with van der Waals surface area (Å²) in [4.78, 5) is 5.87. The second-order valence-electron chi connectivity index (χ2n) is 21.1. The van der Waals surface area contributed by atoms with Crippen LogP contribution in [0.4, 0.5) is 50.9 Å². The second kappa shape index (κ2) is 27.4. The minimum absolute atomic E-state index is 0.0204. The SMILES string of the molecule is CC(C)(C)c1ccc([S+](c2ccc(C(C)(C)C)cc2)C(F)(F)F)cc1.COc1c(C)cc([S+](c2ccccc2)C(F)(F)F)cc1C.FC(F)(F)[S+](c1ccccc1)c1ccccc1.c1ccc([S+]2c3ccccc3Nc3ccccc32)cc1. The third-order valence-corrected chi connectivity index (χ3v) is 21.0. The van der Waals surface area contributed by atoms with Gasteiger partial charge in [-0.25, -0.2) is 0 Å². The molecule has 1 N–H and O–H groups in total. The smallest absolute Gasteiger partial charge is 0.496 e. The fourth-order valence-electron chi connectivity index (χ4n) is 8.98. The molecule has 0 aliphatic carbocycles. The van der Waals surface area contributed by atoms with Gasteiger partial charge in [-0.2, -0.15) is 0 Å². The van der Waals surface area contributed by atoms with Gasteiger partial charge in [-0.3, -0.25) is 0 Å². The minimum Gasteiger partial charge on any atom is -0.496 e. The van der Waals surface area contributed by atoms with Gasteiger partial charge in [0.1, 0.15) is 16.6 Å². The highest BCUT2D eigenvalue weighted by Crippen LogP contribution is 2.45. The largest absolute Gasteiger partial charge is 0.586 e. The van der Waals surface area contributed by atoms with Gasteiger partial charge in [0.25, 0.3) is 0 Å². The lowest BCUT2D eigenvalue weighted by atomic mass is 9.87. The van der Waals surface area contributed by atoms with E-state index in [1.165, 1.54) is 69.6 Å². The van der Waals surface area contributed by atoms with Crippen LogP contribution in [-0.2, 0) is 54.4 Å². The summed E-state index contributed by atoms with van der Waals surface area (Å²) in [6.07, 6.45) is 0. The van der Waals surface area contributed by atoms with Gasteiger partial charge in [0.2, 0.25) is 0 Å². The van der Waals surface area contributed by atoms with Gasteiger partial charge in [-0.05, 0) is 144 Å². The molecule has 0 saturated carbocycles. The Labute approximate surface area is 494 Å². The van der Waals surface area contributed by atoms with E-state index in [1.54, 1.807) is 105 Å². The molecule has 0 saturated heterocycles. The molecule has 0 spiro atoms. The van der Waals surface area contributed by atoms with Gasteiger partial charge in [-0.1, -0.05) is 163 Å². The zero-order valence-electron chi connectivity index (χ0n) is 47.4. The molecule has 15 heteroatoms. The number of aryl methyl sites for hydroxylation is 2. The van der Waals surface area contributed by atoms with E-state index in [0.29, 0.717) is 36.5 Å². The first-order valence-electron chi connectivity index (χ1n) is 26.4. The van der Waals surface area contributed by atoms with Crippen LogP contribution in [0, 0.1) is 13.8 Å². The molecule has 1 aliphatic heterocycles. The van der Waals surface area contributed by atoms with Crippen molar-refractivity contribution in [3.8, 4) is 5.75 Å². The van der Waals surface area contributed by atoms with E-state index in [1.807, 2.05) is 24.3 Å². The van der Waals surface area contributed by atoms with Crippen LogP contribution >= 0.6 is 0 Å². The second-order valence-corrected chi connectivity index (χ2v) is 29.1. The highest BCUT2D eigenvalue weighted by atomic mass is 32.2. The molecule has 0 radical (unpaired) electrons. The Morgan fingerprint density at radius 1 is 0.349 bits per heavy atom. The summed E-state index contributed by atoms with van der Waals surface area (Å²) >= 11 is 0. The highest BCUT2D eigenvalue weighted by molar-refractivity contribution is 7.98. The maximum Gasteiger partial charge on any atom is 0.586 e. The summed E-state index contributed by atoms with van der Waals surface area (Å²) in [5, 5.41) is 3.55. The number of ether oxygens (including phenoxy) is 1. The summed E-state index contributed by atoms with van der Waals surface area (Å²) in [5.41, 5.74) is -7.08. The van der Waals surface area contributed by atoms with Crippen LogP contribution in [0.3, 0.4) is 0 Å². The van der Waals surface area contributed by atoms with Crippen LogP contribution < -0.4 is 10.1 Å². The van der Waals surface area contributed by atoms with Crippen molar-refractivity contribution < 1.29 is 44.3 Å². The first-order chi connectivity index (χ1) is 39.2. The average molecular weight is 1210 g/mol. The van der Waals surface area contributed by atoms with Crippen LogP contribution in [0.25, 0.3) is 0 Å². The Kier molecular flexibility index (Phi) is 21.1. The first-order valence-corrected chi connectivity index (χ1v) is 31.3. The van der Waals surface area contributed by atoms with Crippen molar-refractivity contribution in [2.45, 2.75) is 127 Å². The predicted molar refractivity (Wildman–Crippen MR) is 327 cm³/mol. The number of anilines is 2. The van der Waals surface area contributed by atoms with Crippen molar-refractivity contribution in [2.75, 3.05) is 12.4 Å². The lowest BCUT2D eigenvalue weighted by Crippen LogP contribution is -2.24. The molecule has 0 aromatic heterocycles. The van der Waals surface area contributed by atoms with Crippen molar-refractivity contribution >= 4 is 55.0 Å². The maximum absolute atomic E-state index is 13.8. The van der Waals surface area contributed by atoms with Crippen LogP contribution in [0.2, 0.25) is 0 Å². The number of nitrogens with one attached hydrogen (secondary N) is 1. The number of halogens is 9. The first kappa shape index (κ1) is 63.9. The number of para-hydroxylation sites is 2. The molecular weight excluding hydrogens is 1150 g/mol. The van der Waals surface area contributed by atoms with E-state index in [4.69, 9.17) is 4.74 Å². The molecule has 9 aromatic rings. The number of alkyl halides is 9. The molecule has 10 rings (SSSR count). The van der Waals surface area contributed by atoms with Gasteiger partial charge in [0.05, 0.1) is 18.5 Å². The van der Waals surface area contributed by atoms with Crippen molar-refractivity contribution in [1.82, 2.24) is 0 Å². The zero-order valence-corrected chi connectivity index (χ0v) is 50.6. The fraction of sp³-hybridized carbons (Fsp3) is 0.206. The zero-order chi connectivity index (χ0) is 60.3. The fourth-order valence-corrected chi connectivity index (χ4v) is 16.4. The number of rotatable bonds is 8. The van der Waals surface area contributed by atoms with E-state index in [9.17, 15) is 39.5 Å². The Bertz CT molecular complexity index is 3310. The molecule has 0 amide bonds. The number of hydrogen-bond acceptors (Lipinski definition) is 2. The molecule has 1 heterocycles. The Balaban J connectivity index is 0.000000160. The van der Waals surface area contributed by atoms with E-state index < -0.39 is 49.2 Å². The lowest BCUT2D eigenvalue weighted by molar-refractivity contribution is -0.0379. The van der Waals surface area contributed by atoms with Gasteiger partial charge in [-0.15, -0.1) is 39.5 Å². The molecule has 432 valence electrons. The quantitative estimate of drug-likeness (QED) is 0.121. The summed E-state index contributed by atoms with van der Waals surface area (Å²) in [6.45, 7) is 15.8. The molecule has 1 unspecified atom stereocenters. The van der Waals surface area contributed by atoms with Crippen LogP contribution in [0.15, 0.2) is 275 Å². The Hall–Kier alpha value is -6.65. The maximum atomic E-state index is 13.8. The van der Waals surface area contributed by atoms with Crippen molar-refractivity contribution in [3.63, 3.8) is 0 Å². The summed E-state index contributed by atoms with van der Waals surface area (Å²) in [5.74, 6) is 0.637. The van der Waals surface area contributed by atoms with Crippen molar-refractivity contribution in [1.29, 1.82) is 0 Å². The Morgan fingerprint density at radius 2 is 0.627 bits per heavy atom. The summed E-state index contributed by atoms with van der Waals surface area (Å²) < 4.78 is 126. The van der Waals surface area contributed by atoms with Crippen LogP contribution in [0.5, 0.6) is 5.75 Å². The van der Waals surface area contributed by atoms with Gasteiger partial charge in [0, 0.05) is 12.1 Å². The summed E-state index contributed by atoms with van der Waals surface area (Å²) in [7, 11) is -4.26. The summed E-state index contributed by atoms with van der Waals surface area (Å²) in [6, 6.07) is 68.8. The van der Waals surface area contributed by atoms with E-state index in [-0.39, 0.29) is 31.5 Å². The third-order valence-electron chi connectivity index (χ3n) is 12.9. The number of benzene rings is 9. The molecular formula is C68H66F9NOS4+4. The molecule has 9 aromatic carbocycles. The van der Waals surface area contributed by atoms with Crippen LogP contribution in [-0.4, -0.2) is 23.6 Å². The number of methoxy groups -OCH3 is 1. The Morgan fingerprint density at radius 3 is 0.928 bits per heavy atom. The molecule has 0 fully saturated rings. The molecule has 0 bridgehead atoms. The number of fused-ring (bicyclic) bond motifs is 2. The van der Waals surface area contributed by atoms with Crippen molar-refractivity contribution in [2.24, 2.45) is 0 Å². The molecule has 2 nitrogen and oxygen atoms in total. The average Bonchev–Trinajstić information content (AvgIpc) is 3.37. The monoisotopic (exact) mass is 1210 g/mol. The molecule has 1 aliphatic rings. The highest BCUT2D eigenvalue weighted by Gasteiger charge is 2.56. The van der Waals surface area contributed by atoms with Crippen LogP contribution in [0.1, 0.15) is 63.8 Å². The normalized spacial score (nSPS) is 12.9. The topological polar surface area (TPSA) is 21.3 Å². The van der Waals surface area contributed by atoms with Gasteiger partial charge in [0.15, 0.2) is 76.7 Å². The van der Waals surface area contributed by atoms with E-state index >= 15 is 0 Å². The predicted octanol–water partition coefficient (Wildman–Crippen LogP) is 20.8. The van der Waals surface area contributed by atoms with E-state index in [2.05, 4.69) is 126 Å². The minimum atomic E-state index is -4.31. The third kappa shape index (κ3) is 16.8. The standard InChI is InChI=1S/C21H26F3S.C18H14NS.C16H16F3OS.C13H10F3S/c1-19(2,3)15-7-11-17(12-8-15)25(21(22,23)24)18-13-9-16(10-14-18)20(4,5)6;1-2-8-14(9-3-1)20-17-12-6-4-10-15(17)19-16-11-5-7-13-18(16)20;1-11-9-14(10-12(2)15(11)20-3)21(16(17,18)19)13-7-5-4-6-8-13;14-13(15,16)17(11-7-3-1-4-8-11)12-9-5-2-6-10-12/h7-14H,1-6H3;1-13,19H;4-10H,1-3H3;1-10H/q4*+1. The van der Waals surface area contributed by atoms with E-state index in [0.717, 1.165) is 11.1 Å². The molecule has 1 atom stereocenters. The van der Waals surface area contributed by atoms with Crippen molar-refractivity contribution in [3.05, 3.63) is 253 Å². The number of hydrogen-bond donors (Lipinski definition) is 1. The van der Waals surface area contributed by atoms with Gasteiger partial charge >= 0.3 is 16.5 Å². The molecule has 83 heavy (non-hydrogen) atoms.